The normalized spacial score (nSPS) is 12.4. The Hall–Kier alpha value is -1.45. The van der Waals surface area contributed by atoms with Gasteiger partial charge in [-0.25, -0.2) is 8.78 Å². The van der Waals surface area contributed by atoms with Crippen LogP contribution in [0.5, 0.6) is 0 Å². The van der Waals surface area contributed by atoms with Crippen molar-refractivity contribution in [2.75, 3.05) is 0 Å². The Morgan fingerprint density at radius 2 is 1.74 bits per heavy atom. The molecule has 0 fully saturated rings. The van der Waals surface area contributed by atoms with E-state index in [1.54, 1.807) is 0 Å². The first-order valence-electron chi connectivity index (χ1n) is 5.94. The minimum atomic E-state index is -1.05. The highest BCUT2D eigenvalue weighted by Gasteiger charge is 2.16. The average molecular weight is 283 g/mol. The van der Waals surface area contributed by atoms with Crippen LogP contribution in [0.3, 0.4) is 0 Å². The fourth-order valence-electron chi connectivity index (χ4n) is 1.90. The van der Waals surface area contributed by atoms with E-state index in [0.29, 0.717) is 12.8 Å². The van der Waals surface area contributed by atoms with Crippen molar-refractivity contribution in [2.45, 2.75) is 18.9 Å². The lowest BCUT2D eigenvalue weighted by atomic mass is 10.0. The molecule has 0 saturated carbocycles. The zero-order chi connectivity index (χ0) is 13.8. The monoisotopic (exact) mass is 282 g/mol. The van der Waals surface area contributed by atoms with Crippen molar-refractivity contribution in [3.8, 4) is 0 Å². The molecule has 2 aromatic carbocycles. The summed E-state index contributed by atoms with van der Waals surface area (Å²) in [5.74, 6) is -1.41. The van der Waals surface area contributed by atoms with Gasteiger partial charge in [0, 0.05) is 5.56 Å². The summed E-state index contributed by atoms with van der Waals surface area (Å²) in [6.07, 6.45) is -0.139. The highest BCUT2D eigenvalue weighted by molar-refractivity contribution is 6.30. The van der Waals surface area contributed by atoms with E-state index in [9.17, 15) is 13.9 Å². The quantitative estimate of drug-likeness (QED) is 0.830. The van der Waals surface area contributed by atoms with Crippen LogP contribution in [0.25, 0.3) is 0 Å². The van der Waals surface area contributed by atoms with Gasteiger partial charge in [0.2, 0.25) is 0 Å². The van der Waals surface area contributed by atoms with Crippen LogP contribution in [0.15, 0.2) is 42.5 Å². The zero-order valence-electron chi connectivity index (χ0n) is 10.1. The van der Waals surface area contributed by atoms with Crippen molar-refractivity contribution in [3.63, 3.8) is 0 Å². The van der Waals surface area contributed by atoms with Gasteiger partial charge in [0.25, 0.3) is 0 Å². The molecule has 2 rings (SSSR count). The Morgan fingerprint density at radius 1 is 1.05 bits per heavy atom. The lowest BCUT2D eigenvalue weighted by Gasteiger charge is -2.12. The highest BCUT2D eigenvalue weighted by atomic mass is 35.5. The van der Waals surface area contributed by atoms with E-state index >= 15 is 0 Å². The fourth-order valence-corrected chi connectivity index (χ4v) is 2.05. The molecule has 4 heteroatoms. The second-order valence-electron chi connectivity index (χ2n) is 4.33. The number of aliphatic hydroxyl groups excluding tert-OH is 1. The first kappa shape index (κ1) is 14.0. The van der Waals surface area contributed by atoms with Gasteiger partial charge in [-0.05, 0) is 30.5 Å². The van der Waals surface area contributed by atoms with Gasteiger partial charge in [0.05, 0.1) is 11.1 Å². The fraction of sp³-hybridized carbons (Fsp3) is 0.200. The zero-order valence-corrected chi connectivity index (χ0v) is 10.9. The number of rotatable bonds is 4. The number of benzene rings is 2. The molecule has 0 aliphatic heterocycles. The average Bonchev–Trinajstić information content (AvgIpc) is 2.41. The van der Waals surface area contributed by atoms with Gasteiger partial charge >= 0.3 is 0 Å². The molecule has 0 aromatic heterocycles. The van der Waals surface area contributed by atoms with Crippen molar-refractivity contribution in [1.29, 1.82) is 0 Å². The smallest absolute Gasteiger partial charge is 0.142 e. The first-order valence-corrected chi connectivity index (χ1v) is 6.32. The van der Waals surface area contributed by atoms with E-state index in [0.717, 1.165) is 17.7 Å². The number of hydrogen-bond donors (Lipinski definition) is 1. The van der Waals surface area contributed by atoms with Gasteiger partial charge < -0.3 is 5.11 Å². The van der Waals surface area contributed by atoms with Gasteiger partial charge in [-0.3, -0.25) is 0 Å². The molecule has 0 heterocycles. The molecule has 0 aliphatic rings. The molecule has 19 heavy (non-hydrogen) atoms. The third-order valence-electron chi connectivity index (χ3n) is 2.95. The van der Waals surface area contributed by atoms with E-state index in [1.807, 2.05) is 30.3 Å². The van der Waals surface area contributed by atoms with Crippen LogP contribution in [0.2, 0.25) is 5.02 Å². The largest absolute Gasteiger partial charge is 0.388 e. The van der Waals surface area contributed by atoms with Crippen molar-refractivity contribution < 1.29 is 13.9 Å². The summed E-state index contributed by atoms with van der Waals surface area (Å²) in [7, 11) is 0. The Balaban J connectivity index is 2.08. The maximum atomic E-state index is 13.6. The van der Waals surface area contributed by atoms with Crippen LogP contribution in [0, 0.1) is 11.6 Å². The Kier molecular flexibility index (Phi) is 4.51. The molecular weight excluding hydrogens is 270 g/mol. The Morgan fingerprint density at radius 3 is 2.42 bits per heavy atom. The van der Waals surface area contributed by atoms with Crippen LogP contribution in [-0.2, 0) is 6.42 Å². The second kappa shape index (κ2) is 6.13. The van der Waals surface area contributed by atoms with Crippen molar-refractivity contribution >= 4 is 11.6 Å². The minimum absolute atomic E-state index is 0.0576. The predicted octanol–water partition coefficient (Wildman–Crippen LogP) is 4.28. The SMILES string of the molecule is OC(CCc1ccccc1)c1cc(F)c(Cl)cc1F. The summed E-state index contributed by atoms with van der Waals surface area (Å²) in [4.78, 5) is 0. The second-order valence-corrected chi connectivity index (χ2v) is 4.74. The Bertz CT molecular complexity index is 558. The van der Waals surface area contributed by atoms with E-state index in [2.05, 4.69) is 0 Å². The van der Waals surface area contributed by atoms with Gasteiger partial charge in [0.1, 0.15) is 11.6 Å². The topological polar surface area (TPSA) is 20.2 Å². The molecular formula is C15H13ClF2O. The molecule has 2 aromatic rings. The number of aliphatic hydroxyl groups is 1. The molecule has 0 aliphatic carbocycles. The molecule has 1 unspecified atom stereocenters. The predicted molar refractivity (Wildman–Crippen MR) is 71.1 cm³/mol. The Labute approximate surface area is 115 Å². The van der Waals surface area contributed by atoms with Crippen LogP contribution in [0.1, 0.15) is 23.7 Å². The van der Waals surface area contributed by atoms with E-state index in [4.69, 9.17) is 11.6 Å². The lowest BCUT2D eigenvalue weighted by molar-refractivity contribution is 0.162. The van der Waals surface area contributed by atoms with Crippen molar-refractivity contribution in [2.24, 2.45) is 0 Å². The molecule has 100 valence electrons. The van der Waals surface area contributed by atoms with E-state index < -0.39 is 17.7 Å². The maximum Gasteiger partial charge on any atom is 0.142 e. The third kappa shape index (κ3) is 3.52. The van der Waals surface area contributed by atoms with E-state index in [-0.39, 0.29) is 10.6 Å². The first-order chi connectivity index (χ1) is 9.08. The number of hydrogen-bond acceptors (Lipinski definition) is 1. The van der Waals surface area contributed by atoms with E-state index in [1.165, 1.54) is 0 Å². The van der Waals surface area contributed by atoms with Crippen LogP contribution in [0.4, 0.5) is 8.78 Å². The summed E-state index contributed by atoms with van der Waals surface area (Å²) >= 11 is 5.47. The lowest BCUT2D eigenvalue weighted by Crippen LogP contribution is -2.03. The molecule has 0 bridgehead atoms. The number of halogens is 3. The summed E-state index contributed by atoms with van der Waals surface area (Å²) in [5.41, 5.74) is 0.981. The molecule has 1 atom stereocenters. The minimum Gasteiger partial charge on any atom is -0.388 e. The van der Waals surface area contributed by atoms with Crippen LogP contribution < -0.4 is 0 Å². The van der Waals surface area contributed by atoms with Gasteiger partial charge in [-0.2, -0.15) is 0 Å². The summed E-state index contributed by atoms with van der Waals surface area (Å²) in [5, 5.41) is 9.65. The molecule has 0 spiro atoms. The molecule has 1 N–H and O–H groups in total. The number of aryl methyl sites for hydroxylation is 1. The van der Waals surface area contributed by atoms with Gasteiger partial charge in [-0.15, -0.1) is 0 Å². The molecule has 0 amide bonds. The van der Waals surface area contributed by atoms with Crippen LogP contribution >= 0.6 is 11.6 Å². The summed E-state index contributed by atoms with van der Waals surface area (Å²) < 4.78 is 26.9. The molecule has 0 saturated heterocycles. The molecule has 0 radical (unpaired) electrons. The maximum absolute atomic E-state index is 13.6. The summed E-state index contributed by atoms with van der Waals surface area (Å²) in [6, 6.07) is 11.4. The van der Waals surface area contributed by atoms with Crippen LogP contribution in [-0.4, -0.2) is 5.11 Å². The molecule has 1 nitrogen and oxygen atoms in total. The van der Waals surface area contributed by atoms with Crippen molar-refractivity contribution in [3.05, 3.63) is 70.2 Å². The van der Waals surface area contributed by atoms with Gasteiger partial charge in [-0.1, -0.05) is 41.9 Å². The summed E-state index contributed by atoms with van der Waals surface area (Å²) in [6.45, 7) is 0. The standard InChI is InChI=1S/C15H13ClF2O/c16-12-9-13(17)11(8-14(12)18)15(19)7-6-10-4-2-1-3-5-10/h1-5,8-9,15,19H,6-7H2. The van der Waals surface area contributed by atoms with Gasteiger partial charge in [0.15, 0.2) is 0 Å². The highest BCUT2D eigenvalue weighted by Crippen LogP contribution is 2.26. The van der Waals surface area contributed by atoms with Crippen molar-refractivity contribution in [1.82, 2.24) is 0 Å². The third-order valence-corrected chi connectivity index (χ3v) is 3.24.